The molecular formula is C8H6BrNO2. The molecule has 4 heteroatoms. The highest BCUT2D eigenvalue weighted by Gasteiger charge is 2.02. The summed E-state index contributed by atoms with van der Waals surface area (Å²) in [4.78, 5) is 21.1. The molecule has 0 fully saturated rings. The Balaban J connectivity index is 2.91. The van der Waals surface area contributed by atoms with Crippen LogP contribution in [0, 0.1) is 4.91 Å². The van der Waals surface area contributed by atoms with Crippen LogP contribution in [0.5, 0.6) is 0 Å². The standard InChI is InChI=1S/C8H6BrNO2/c9-5-8(11)6-1-3-7(10-12)4-2-6/h1-4H,5H2. The van der Waals surface area contributed by atoms with Gasteiger partial charge in [-0.1, -0.05) is 15.9 Å². The van der Waals surface area contributed by atoms with Gasteiger partial charge in [0.1, 0.15) is 5.69 Å². The van der Waals surface area contributed by atoms with E-state index in [1.165, 1.54) is 12.1 Å². The van der Waals surface area contributed by atoms with Crippen molar-refractivity contribution in [3.63, 3.8) is 0 Å². The van der Waals surface area contributed by atoms with E-state index in [4.69, 9.17) is 0 Å². The van der Waals surface area contributed by atoms with Crippen LogP contribution >= 0.6 is 15.9 Å². The van der Waals surface area contributed by atoms with Crippen molar-refractivity contribution in [2.45, 2.75) is 0 Å². The lowest BCUT2D eigenvalue weighted by Gasteiger charge is -1.95. The first-order valence-corrected chi connectivity index (χ1v) is 4.42. The van der Waals surface area contributed by atoms with Crippen LogP contribution in [0.2, 0.25) is 0 Å². The summed E-state index contributed by atoms with van der Waals surface area (Å²) in [6.45, 7) is 0. The lowest BCUT2D eigenvalue weighted by molar-refractivity contribution is 0.102. The minimum Gasteiger partial charge on any atom is -0.293 e. The highest BCUT2D eigenvalue weighted by atomic mass is 79.9. The van der Waals surface area contributed by atoms with Gasteiger partial charge < -0.3 is 0 Å². The fourth-order valence-electron chi connectivity index (χ4n) is 0.785. The fourth-order valence-corrected chi connectivity index (χ4v) is 1.11. The van der Waals surface area contributed by atoms with Crippen LogP contribution in [0.1, 0.15) is 10.4 Å². The second kappa shape index (κ2) is 4.11. The lowest BCUT2D eigenvalue weighted by Crippen LogP contribution is -1.98. The normalized spacial score (nSPS) is 9.42. The van der Waals surface area contributed by atoms with E-state index >= 15 is 0 Å². The van der Waals surface area contributed by atoms with E-state index in [-0.39, 0.29) is 5.78 Å². The molecule has 0 aliphatic rings. The molecule has 0 atom stereocenters. The van der Waals surface area contributed by atoms with Gasteiger partial charge in [-0.15, -0.1) is 4.91 Å². The number of alkyl halides is 1. The van der Waals surface area contributed by atoms with Crippen LogP contribution in [0.4, 0.5) is 5.69 Å². The molecule has 0 saturated carbocycles. The molecule has 0 aromatic heterocycles. The molecule has 0 aliphatic heterocycles. The zero-order valence-corrected chi connectivity index (χ0v) is 7.74. The summed E-state index contributed by atoms with van der Waals surface area (Å²) in [5, 5.41) is 3.02. The van der Waals surface area contributed by atoms with E-state index in [0.29, 0.717) is 16.6 Å². The van der Waals surface area contributed by atoms with Crippen molar-refractivity contribution in [2.75, 3.05) is 5.33 Å². The highest BCUT2D eigenvalue weighted by Crippen LogP contribution is 2.12. The maximum atomic E-state index is 11.1. The van der Waals surface area contributed by atoms with Gasteiger partial charge in [-0.3, -0.25) is 4.79 Å². The molecule has 3 nitrogen and oxygen atoms in total. The Morgan fingerprint density at radius 3 is 2.33 bits per heavy atom. The molecule has 0 heterocycles. The first-order chi connectivity index (χ1) is 5.77. The monoisotopic (exact) mass is 227 g/mol. The van der Waals surface area contributed by atoms with Crippen molar-refractivity contribution >= 4 is 27.4 Å². The van der Waals surface area contributed by atoms with Crippen LogP contribution < -0.4 is 0 Å². The Morgan fingerprint density at radius 1 is 1.33 bits per heavy atom. The molecule has 0 bridgehead atoms. The smallest absolute Gasteiger partial charge is 0.173 e. The number of benzene rings is 1. The summed E-state index contributed by atoms with van der Waals surface area (Å²) in [5.41, 5.74) is 0.917. The summed E-state index contributed by atoms with van der Waals surface area (Å²) in [6.07, 6.45) is 0. The van der Waals surface area contributed by atoms with Gasteiger partial charge in [0.25, 0.3) is 0 Å². The molecule has 1 rings (SSSR count). The fraction of sp³-hybridized carbons (Fsp3) is 0.125. The van der Waals surface area contributed by atoms with Crippen molar-refractivity contribution in [3.8, 4) is 0 Å². The molecule has 0 saturated heterocycles. The van der Waals surface area contributed by atoms with Crippen molar-refractivity contribution in [2.24, 2.45) is 5.18 Å². The third-order valence-corrected chi connectivity index (χ3v) is 1.93. The molecule has 1 aromatic rings. The second-order valence-corrected chi connectivity index (χ2v) is 2.76. The maximum absolute atomic E-state index is 11.1. The Hall–Kier alpha value is -1.03. The number of ketones is 1. The average Bonchev–Trinajstić information content (AvgIpc) is 2.17. The number of hydrogen-bond acceptors (Lipinski definition) is 3. The summed E-state index contributed by atoms with van der Waals surface area (Å²) in [6, 6.07) is 6.20. The summed E-state index contributed by atoms with van der Waals surface area (Å²) in [5.74, 6) is -0.00699. The van der Waals surface area contributed by atoms with Gasteiger partial charge in [0.05, 0.1) is 5.33 Å². The summed E-state index contributed by atoms with van der Waals surface area (Å²) in [7, 11) is 0. The highest BCUT2D eigenvalue weighted by molar-refractivity contribution is 9.09. The molecule has 0 aliphatic carbocycles. The zero-order valence-electron chi connectivity index (χ0n) is 6.16. The molecular weight excluding hydrogens is 222 g/mol. The first-order valence-electron chi connectivity index (χ1n) is 3.30. The van der Waals surface area contributed by atoms with Crippen LogP contribution in [0.3, 0.4) is 0 Å². The van der Waals surface area contributed by atoms with Crippen LogP contribution in [-0.4, -0.2) is 11.1 Å². The zero-order chi connectivity index (χ0) is 8.97. The molecule has 62 valence electrons. The molecule has 1 aromatic carbocycles. The number of nitrogens with zero attached hydrogens (tertiary/aromatic N) is 1. The third-order valence-electron chi connectivity index (χ3n) is 1.42. The SMILES string of the molecule is O=Nc1ccc(C(=O)CBr)cc1. The topological polar surface area (TPSA) is 46.5 Å². The molecule has 0 unspecified atom stereocenters. The Labute approximate surface area is 77.9 Å². The van der Waals surface area contributed by atoms with Gasteiger partial charge >= 0.3 is 0 Å². The number of carbonyl (C=O) groups is 1. The van der Waals surface area contributed by atoms with Gasteiger partial charge in [0.15, 0.2) is 5.78 Å². The first kappa shape index (κ1) is 9.06. The second-order valence-electron chi connectivity index (χ2n) is 2.19. The van der Waals surface area contributed by atoms with E-state index in [0.717, 1.165) is 0 Å². The van der Waals surface area contributed by atoms with E-state index in [1.54, 1.807) is 12.1 Å². The predicted octanol–water partition coefficient (Wildman–Crippen LogP) is 2.66. The van der Waals surface area contributed by atoms with Crippen LogP contribution in [0.15, 0.2) is 29.4 Å². The lowest BCUT2D eigenvalue weighted by atomic mass is 10.1. The van der Waals surface area contributed by atoms with Crippen molar-refractivity contribution in [3.05, 3.63) is 34.7 Å². The summed E-state index contributed by atoms with van der Waals surface area (Å²) < 4.78 is 0. The molecule has 12 heavy (non-hydrogen) atoms. The number of rotatable bonds is 3. The number of hydrogen-bond donors (Lipinski definition) is 0. The van der Waals surface area contributed by atoms with E-state index in [2.05, 4.69) is 21.1 Å². The van der Waals surface area contributed by atoms with E-state index in [1.807, 2.05) is 0 Å². The number of carbonyl (C=O) groups excluding carboxylic acids is 1. The number of Topliss-reactive ketones (excluding diaryl/α,β-unsaturated/α-hetero) is 1. The van der Waals surface area contributed by atoms with Crippen LogP contribution in [0.25, 0.3) is 0 Å². The minimum atomic E-state index is -0.00699. The number of nitroso groups, excluding NO2 is 1. The van der Waals surface area contributed by atoms with Gasteiger partial charge in [-0.2, -0.15) is 0 Å². The minimum absolute atomic E-state index is 0.00699. The van der Waals surface area contributed by atoms with Gasteiger partial charge in [0.2, 0.25) is 0 Å². The molecule has 0 amide bonds. The molecule has 0 radical (unpaired) electrons. The Kier molecular flexibility index (Phi) is 3.10. The van der Waals surface area contributed by atoms with Gasteiger partial charge in [0, 0.05) is 5.56 Å². The van der Waals surface area contributed by atoms with Crippen molar-refractivity contribution < 1.29 is 4.79 Å². The van der Waals surface area contributed by atoms with Crippen LogP contribution in [-0.2, 0) is 0 Å². The van der Waals surface area contributed by atoms with Crippen molar-refractivity contribution in [1.29, 1.82) is 0 Å². The third kappa shape index (κ3) is 1.98. The van der Waals surface area contributed by atoms with Crippen molar-refractivity contribution in [1.82, 2.24) is 0 Å². The van der Waals surface area contributed by atoms with Gasteiger partial charge in [-0.25, -0.2) is 0 Å². The Bertz CT molecular complexity index is 294. The maximum Gasteiger partial charge on any atom is 0.173 e. The number of halogens is 1. The van der Waals surface area contributed by atoms with E-state index < -0.39 is 0 Å². The quantitative estimate of drug-likeness (QED) is 0.453. The van der Waals surface area contributed by atoms with Gasteiger partial charge in [-0.05, 0) is 29.4 Å². The van der Waals surface area contributed by atoms with E-state index in [9.17, 15) is 9.70 Å². The Morgan fingerprint density at radius 2 is 1.92 bits per heavy atom. The predicted molar refractivity (Wildman–Crippen MR) is 50.0 cm³/mol. The largest absolute Gasteiger partial charge is 0.293 e. The molecule has 0 N–H and O–H groups in total. The summed E-state index contributed by atoms with van der Waals surface area (Å²) >= 11 is 3.05. The molecule has 0 spiro atoms. The average molecular weight is 228 g/mol.